The Hall–Kier alpha value is -1.22. The standard InChI is InChI=1S/C16H23NO2/c1-12-2-3-13(8-12)10-17-11-14-4-5-15-16(9-14)19-7-6-18-15/h4-5,9,12-13,17H,2-3,6-8,10-11H2,1H3. The van der Waals surface area contributed by atoms with Crippen LogP contribution in [0.1, 0.15) is 31.7 Å². The molecular formula is C16H23NO2. The first-order valence-corrected chi connectivity index (χ1v) is 7.40. The molecule has 0 aromatic heterocycles. The maximum absolute atomic E-state index is 5.61. The van der Waals surface area contributed by atoms with Crippen molar-refractivity contribution >= 4 is 0 Å². The third kappa shape index (κ3) is 3.21. The minimum Gasteiger partial charge on any atom is -0.486 e. The van der Waals surface area contributed by atoms with Crippen LogP contribution in [0.2, 0.25) is 0 Å². The van der Waals surface area contributed by atoms with Crippen molar-refractivity contribution in [2.24, 2.45) is 11.8 Å². The minimum atomic E-state index is 0.657. The fourth-order valence-corrected chi connectivity index (χ4v) is 3.13. The molecule has 0 spiro atoms. The Morgan fingerprint density at radius 2 is 2.00 bits per heavy atom. The van der Waals surface area contributed by atoms with Crippen LogP contribution in [0.4, 0.5) is 0 Å². The monoisotopic (exact) mass is 261 g/mol. The Morgan fingerprint density at radius 3 is 2.79 bits per heavy atom. The summed E-state index contributed by atoms with van der Waals surface area (Å²) >= 11 is 0. The average molecular weight is 261 g/mol. The molecule has 0 radical (unpaired) electrons. The molecule has 19 heavy (non-hydrogen) atoms. The van der Waals surface area contributed by atoms with Gasteiger partial charge in [-0.15, -0.1) is 0 Å². The van der Waals surface area contributed by atoms with E-state index in [9.17, 15) is 0 Å². The maximum Gasteiger partial charge on any atom is 0.161 e. The molecule has 1 aliphatic carbocycles. The maximum atomic E-state index is 5.61. The van der Waals surface area contributed by atoms with E-state index in [1.54, 1.807) is 0 Å². The number of rotatable bonds is 4. The highest BCUT2D eigenvalue weighted by Crippen LogP contribution is 2.31. The van der Waals surface area contributed by atoms with Crippen LogP contribution >= 0.6 is 0 Å². The van der Waals surface area contributed by atoms with E-state index < -0.39 is 0 Å². The molecule has 1 aromatic carbocycles. The topological polar surface area (TPSA) is 30.5 Å². The Morgan fingerprint density at radius 1 is 1.16 bits per heavy atom. The molecule has 1 heterocycles. The third-order valence-electron chi connectivity index (χ3n) is 4.17. The highest BCUT2D eigenvalue weighted by molar-refractivity contribution is 5.43. The summed E-state index contributed by atoms with van der Waals surface area (Å²) in [5.74, 6) is 3.55. The van der Waals surface area contributed by atoms with Gasteiger partial charge >= 0.3 is 0 Å². The Labute approximate surface area is 115 Å². The lowest BCUT2D eigenvalue weighted by Crippen LogP contribution is -2.21. The van der Waals surface area contributed by atoms with E-state index in [4.69, 9.17) is 9.47 Å². The molecule has 2 atom stereocenters. The first-order chi connectivity index (χ1) is 9.31. The van der Waals surface area contributed by atoms with E-state index in [1.165, 1.54) is 24.8 Å². The van der Waals surface area contributed by atoms with E-state index in [0.29, 0.717) is 13.2 Å². The molecule has 1 saturated carbocycles. The van der Waals surface area contributed by atoms with Gasteiger partial charge in [0.25, 0.3) is 0 Å². The molecule has 0 saturated heterocycles. The molecule has 104 valence electrons. The highest BCUT2D eigenvalue weighted by atomic mass is 16.6. The van der Waals surface area contributed by atoms with E-state index in [-0.39, 0.29) is 0 Å². The number of hydrogen-bond acceptors (Lipinski definition) is 3. The van der Waals surface area contributed by atoms with Gasteiger partial charge in [-0.05, 0) is 48.9 Å². The molecule has 0 bridgehead atoms. The Bertz CT molecular complexity index is 433. The van der Waals surface area contributed by atoms with Crippen molar-refractivity contribution in [2.45, 2.75) is 32.7 Å². The fourth-order valence-electron chi connectivity index (χ4n) is 3.13. The van der Waals surface area contributed by atoms with Crippen LogP contribution in [-0.2, 0) is 6.54 Å². The summed E-state index contributed by atoms with van der Waals surface area (Å²) in [6.07, 6.45) is 4.17. The zero-order valence-electron chi connectivity index (χ0n) is 11.7. The molecule has 1 N–H and O–H groups in total. The molecule has 0 amide bonds. The average Bonchev–Trinajstić information content (AvgIpc) is 2.84. The van der Waals surface area contributed by atoms with Crippen LogP contribution in [0.15, 0.2) is 18.2 Å². The largest absolute Gasteiger partial charge is 0.486 e. The van der Waals surface area contributed by atoms with Crippen LogP contribution < -0.4 is 14.8 Å². The van der Waals surface area contributed by atoms with Crippen molar-refractivity contribution in [1.82, 2.24) is 5.32 Å². The lowest BCUT2D eigenvalue weighted by molar-refractivity contribution is 0.171. The van der Waals surface area contributed by atoms with Gasteiger partial charge in [0.2, 0.25) is 0 Å². The summed E-state index contributed by atoms with van der Waals surface area (Å²) in [5, 5.41) is 3.57. The van der Waals surface area contributed by atoms with Gasteiger partial charge in [-0.3, -0.25) is 0 Å². The lowest BCUT2D eigenvalue weighted by Gasteiger charge is -2.19. The summed E-state index contributed by atoms with van der Waals surface area (Å²) in [7, 11) is 0. The van der Waals surface area contributed by atoms with Gasteiger partial charge in [0, 0.05) is 6.54 Å². The zero-order valence-corrected chi connectivity index (χ0v) is 11.7. The van der Waals surface area contributed by atoms with Crippen LogP contribution in [0.5, 0.6) is 11.5 Å². The molecule has 3 nitrogen and oxygen atoms in total. The Kier molecular flexibility index (Phi) is 3.92. The summed E-state index contributed by atoms with van der Waals surface area (Å²) in [6, 6.07) is 6.24. The molecule has 2 unspecified atom stereocenters. The molecule has 1 aliphatic heterocycles. The van der Waals surface area contributed by atoms with Crippen LogP contribution in [-0.4, -0.2) is 19.8 Å². The summed E-state index contributed by atoms with van der Waals surface area (Å²) in [4.78, 5) is 0. The van der Waals surface area contributed by atoms with Gasteiger partial charge in [0.15, 0.2) is 11.5 Å². The predicted molar refractivity (Wildman–Crippen MR) is 75.6 cm³/mol. The van der Waals surface area contributed by atoms with E-state index in [2.05, 4.69) is 24.4 Å². The fraction of sp³-hybridized carbons (Fsp3) is 0.625. The summed E-state index contributed by atoms with van der Waals surface area (Å²) < 4.78 is 11.1. The Balaban J connectivity index is 1.50. The summed E-state index contributed by atoms with van der Waals surface area (Å²) in [5.41, 5.74) is 1.27. The van der Waals surface area contributed by atoms with Gasteiger partial charge in [0.1, 0.15) is 13.2 Å². The van der Waals surface area contributed by atoms with Crippen LogP contribution in [0.3, 0.4) is 0 Å². The number of fused-ring (bicyclic) bond motifs is 1. The first kappa shape index (κ1) is 12.8. The van der Waals surface area contributed by atoms with Gasteiger partial charge in [-0.1, -0.05) is 19.4 Å². The van der Waals surface area contributed by atoms with Gasteiger partial charge < -0.3 is 14.8 Å². The van der Waals surface area contributed by atoms with E-state index in [0.717, 1.165) is 36.4 Å². The van der Waals surface area contributed by atoms with Crippen LogP contribution in [0, 0.1) is 11.8 Å². The van der Waals surface area contributed by atoms with Gasteiger partial charge in [-0.25, -0.2) is 0 Å². The van der Waals surface area contributed by atoms with E-state index in [1.807, 2.05) is 6.07 Å². The summed E-state index contributed by atoms with van der Waals surface area (Å²) in [6.45, 7) is 5.73. The lowest BCUT2D eigenvalue weighted by atomic mass is 10.1. The number of benzene rings is 1. The van der Waals surface area contributed by atoms with Crippen molar-refractivity contribution in [3.8, 4) is 11.5 Å². The molecule has 1 aromatic rings. The van der Waals surface area contributed by atoms with E-state index >= 15 is 0 Å². The van der Waals surface area contributed by atoms with Crippen LogP contribution in [0.25, 0.3) is 0 Å². The first-order valence-electron chi connectivity index (χ1n) is 7.40. The SMILES string of the molecule is CC1CCC(CNCc2ccc3c(c2)OCCO3)C1. The predicted octanol–water partition coefficient (Wildman–Crippen LogP) is 2.98. The van der Waals surface area contributed by atoms with Crippen molar-refractivity contribution in [3.63, 3.8) is 0 Å². The zero-order chi connectivity index (χ0) is 13.1. The number of nitrogens with one attached hydrogen (secondary N) is 1. The van der Waals surface area contributed by atoms with Crippen molar-refractivity contribution in [2.75, 3.05) is 19.8 Å². The highest BCUT2D eigenvalue weighted by Gasteiger charge is 2.20. The molecule has 3 rings (SSSR count). The second-order valence-electron chi connectivity index (χ2n) is 5.89. The molecular weight excluding hydrogens is 238 g/mol. The minimum absolute atomic E-state index is 0.657. The second-order valence-corrected chi connectivity index (χ2v) is 5.89. The van der Waals surface area contributed by atoms with Crippen molar-refractivity contribution in [3.05, 3.63) is 23.8 Å². The van der Waals surface area contributed by atoms with Gasteiger partial charge in [-0.2, -0.15) is 0 Å². The van der Waals surface area contributed by atoms with Crippen molar-refractivity contribution < 1.29 is 9.47 Å². The van der Waals surface area contributed by atoms with Gasteiger partial charge in [0.05, 0.1) is 0 Å². The number of ether oxygens (including phenoxy) is 2. The van der Waals surface area contributed by atoms with Crippen molar-refractivity contribution in [1.29, 1.82) is 0 Å². The quantitative estimate of drug-likeness (QED) is 0.904. The molecule has 2 aliphatic rings. The third-order valence-corrected chi connectivity index (χ3v) is 4.17. The normalized spacial score (nSPS) is 25.5. The second kappa shape index (κ2) is 5.83. The number of hydrogen-bond donors (Lipinski definition) is 1. The molecule has 3 heteroatoms. The molecule has 1 fully saturated rings. The smallest absolute Gasteiger partial charge is 0.161 e.